The number of nitrogens with zero attached hydrogens (tertiary/aromatic N) is 1. The number of carbonyl (C=O) groups excluding carboxylic acids is 1. The van der Waals surface area contributed by atoms with E-state index >= 15 is 0 Å². The van der Waals surface area contributed by atoms with Crippen molar-refractivity contribution in [3.63, 3.8) is 0 Å². The summed E-state index contributed by atoms with van der Waals surface area (Å²) in [5, 5.41) is 13.5. The fourth-order valence-corrected chi connectivity index (χ4v) is 2.72. The minimum Gasteiger partial charge on any atom is -0.351 e. The van der Waals surface area contributed by atoms with E-state index in [-0.39, 0.29) is 22.2 Å². The third kappa shape index (κ3) is 4.47. The summed E-state index contributed by atoms with van der Waals surface area (Å²) >= 11 is 7.34. The fourth-order valence-electron chi connectivity index (χ4n) is 1.75. The van der Waals surface area contributed by atoms with Crippen molar-refractivity contribution in [3.05, 3.63) is 69.2 Å². The Hall–Kier alpha value is -2.05. The molecule has 0 saturated heterocycles. The number of hydrogen-bond donors (Lipinski definition) is 1. The normalized spacial score (nSPS) is 10.2. The topological polar surface area (TPSA) is 72.2 Å². The molecule has 5 nitrogen and oxygen atoms in total. The summed E-state index contributed by atoms with van der Waals surface area (Å²) in [5.41, 5.74) is -0.0474. The summed E-state index contributed by atoms with van der Waals surface area (Å²) in [6.07, 6.45) is 0. The van der Waals surface area contributed by atoms with Gasteiger partial charge in [-0.25, -0.2) is 0 Å². The lowest BCUT2D eigenvalue weighted by Gasteiger charge is -2.06. The number of benzene rings is 2. The van der Waals surface area contributed by atoms with Crippen molar-refractivity contribution < 1.29 is 9.72 Å². The molecule has 0 saturated carbocycles. The average Bonchev–Trinajstić information content (AvgIpc) is 2.52. The predicted molar refractivity (Wildman–Crippen MR) is 87.6 cm³/mol. The summed E-state index contributed by atoms with van der Waals surface area (Å²) in [4.78, 5) is 23.3. The standard InChI is InChI=1S/C15H13ClN2O3S/c16-13-7-6-11(10-14(13)18(20)21)15(19)17-8-9-22-12-4-2-1-3-5-12/h1-7,10H,8-9H2,(H,17,19). The molecule has 1 N–H and O–H groups in total. The molecule has 2 aromatic carbocycles. The van der Waals surface area contributed by atoms with E-state index in [2.05, 4.69) is 5.32 Å². The van der Waals surface area contributed by atoms with Gasteiger partial charge in [0.25, 0.3) is 11.6 Å². The van der Waals surface area contributed by atoms with Crippen LogP contribution in [0.25, 0.3) is 0 Å². The molecule has 0 aliphatic heterocycles. The van der Waals surface area contributed by atoms with Crippen LogP contribution in [0.5, 0.6) is 0 Å². The van der Waals surface area contributed by atoms with Gasteiger partial charge in [-0.1, -0.05) is 29.8 Å². The molecule has 2 rings (SSSR count). The molecule has 0 aliphatic carbocycles. The first-order valence-corrected chi connectivity index (χ1v) is 7.84. The zero-order chi connectivity index (χ0) is 15.9. The second-order valence-electron chi connectivity index (χ2n) is 4.34. The highest BCUT2D eigenvalue weighted by atomic mass is 35.5. The lowest BCUT2D eigenvalue weighted by atomic mass is 10.2. The summed E-state index contributed by atoms with van der Waals surface area (Å²) in [6, 6.07) is 13.8. The maximum absolute atomic E-state index is 12.0. The number of thioether (sulfide) groups is 1. The lowest BCUT2D eigenvalue weighted by molar-refractivity contribution is -0.384. The summed E-state index contributed by atoms with van der Waals surface area (Å²) in [5.74, 6) is 0.360. The smallest absolute Gasteiger partial charge is 0.288 e. The van der Waals surface area contributed by atoms with Gasteiger partial charge in [0.1, 0.15) is 5.02 Å². The minimum absolute atomic E-state index is 0.0150. The number of nitrogens with one attached hydrogen (secondary N) is 1. The van der Waals surface area contributed by atoms with Crippen molar-refractivity contribution in [2.24, 2.45) is 0 Å². The Morgan fingerprint density at radius 1 is 1.23 bits per heavy atom. The summed E-state index contributed by atoms with van der Waals surface area (Å²) in [7, 11) is 0. The van der Waals surface area contributed by atoms with Gasteiger partial charge in [-0.15, -0.1) is 11.8 Å². The first-order valence-electron chi connectivity index (χ1n) is 6.48. The molecule has 0 aliphatic rings. The van der Waals surface area contributed by atoms with Gasteiger partial charge in [-0.05, 0) is 24.3 Å². The van der Waals surface area contributed by atoms with Gasteiger partial charge < -0.3 is 5.32 Å². The Balaban J connectivity index is 1.87. The zero-order valence-corrected chi connectivity index (χ0v) is 13.1. The molecule has 1 amide bonds. The number of rotatable bonds is 6. The van der Waals surface area contributed by atoms with Crippen LogP contribution >= 0.6 is 23.4 Å². The van der Waals surface area contributed by atoms with Crippen LogP contribution in [0.15, 0.2) is 53.4 Å². The largest absolute Gasteiger partial charge is 0.351 e. The van der Waals surface area contributed by atoms with Crippen molar-refractivity contribution in [2.75, 3.05) is 12.3 Å². The minimum atomic E-state index is -0.607. The van der Waals surface area contributed by atoms with Gasteiger partial charge >= 0.3 is 0 Å². The van der Waals surface area contributed by atoms with Crippen LogP contribution in [0.4, 0.5) is 5.69 Å². The molecular formula is C15H13ClN2O3S. The molecule has 0 atom stereocenters. The molecule has 114 valence electrons. The van der Waals surface area contributed by atoms with E-state index in [0.29, 0.717) is 12.3 Å². The Bertz CT molecular complexity index is 680. The van der Waals surface area contributed by atoms with E-state index in [4.69, 9.17) is 11.6 Å². The number of halogens is 1. The molecule has 7 heteroatoms. The molecule has 0 spiro atoms. The Labute approximate surface area is 136 Å². The lowest BCUT2D eigenvalue weighted by Crippen LogP contribution is -2.25. The van der Waals surface area contributed by atoms with E-state index in [0.717, 1.165) is 4.90 Å². The second-order valence-corrected chi connectivity index (χ2v) is 5.92. The Morgan fingerprint density at radius 3 is 2.64 bits per heavy atom. The van der Waals surface area contributed by atoms with E-state index in [1.807, 2.05) is 30.3 Å². The monoisotopic (exact) mass is 336 g/mol. The van der Waals surface area contributed by atoms with Crippen molar-refractivity contribution in [2.45, 2.75) is 4.90 Å². The van der Waals surface area contributed by atoms with Gasteiger partial charge in [0.05, 0.1) is 4.92 Å². The number of nitro benzene ring substituents is 1. The highest BCUT2D eigenvalue weighted by Crippen LogP contribution is 2.25. The van der Waals surface area contributed by atoms with Gasteiger partial charge in [0, 0.05) is 28.8 Å². The number of carbonyl (C=O) groups is 1. The van der Waals surface area contributed by atoms with Crippen molar-refractivity contribution >= 4 is 35.0 Å². The van der Waals surface area contributed by atoms with Crippen LogP contribution < -0.4 is 5.32 Å². The summed E-state index contributed by atoms with van der Waals surface area (Å²) in [6.45, 7) is 0.467. The number of nitro groups is 1. The van der Waals surface area contributed by atoms with E-state index in [1.54, 1.807) is 11.8 Å². The summed E-state index contributed by atoms with van der Waals surface area (Å²) < 4.78 is 0. The van der Waals surface area contributed by atoms with Gasteiger partial charge in [-0.3, -0.25) is 14.9 Å². The molecular weight excluding hydrogens is 324 g/mol. The van der Waals surface area contributed by atoms with Crippen molar-refractivity contribution in [1.82, 2.24) is 5.32 Å². The molecule has 0 heterocycles. The molecule has 0 fully saturated rings. The molecule has 22 heavy (non-hydrogen) atoms. The molecule has 0 unspecified atom stereocenters. The zero-order valence-electron chi connectivity index (χ0n) is 11.5. The van der Waals surface area contributed by atoms with Crippen LogP contribution in [0.2, 0.25) is 5.02 Å². The van der Waals surface area contributed by atoms with Crippen LogP contribution in [-0.2, 0) is 0 Å². The van der Waals surface area contributed by atoms with Crippen LogP contribution in [0, 0.1) is 10.1 Å². The highest BCUT2D eigenvalue weighted by Gasteiger charge is 2.15. The van der Waals surface area contributed by atoms with E-state index < -0.39 is 4.92 Å². The first kappa shape index (κ1) is 16.3. The van der Waals surface area contributed by atoms with Gasteiger partial charge in [-0.2, -0.15) is 0 Å². The number of hydrogen-bond acceptors (Lipinski definition) is 4. The molecule has 0 aromatic heterocycles. The Morgan fingerprint density at radius 2 is 1.95 bits per heavy atom. The van der Waals surface area contributed by atoms with E-state index in [9.17, 15) is 14.9 Å². The third-order valence-electron chi connectivity index (χ3n) is 2.80. The SMILES string of the molecule is O=C(NCCSc1ccccc1)c1ccc(Cl)c([N+](=O)[O-])c1. The predicted octanol–water partition coefficient (Wildman–Crippen LogP) is 3.77. The maximum Gasteiger partial charge on any atom is 0.288 e. The fraction of sp³-hybridized carbons (Fsp3) is 0.133. The van der Waals surface area contributed by atoms with E-state index in [1.165, 1.54) is 18.2 Å². The highest BCUT2D eigenvalue weighted by molar-refractivity contribution is 7.99. The quantitative estimate of drug-likeness (QED) is 0.377. The molecule has 0 bridgehead atoms. The molecule has 0 radical (unpaired) electrons. The van der Waals surface area contributed by atoms with Crippen molar-refractivity contribution in [3.8, 4) is 0 Å². The van der Waals surface area contributed by atoms with Crippen LogP contribution in [-0.4, -0.2) is 23.1 Å². The number of amides is 1. The van der Waals surface area contributed by atoms with Crippen LogP contribution in [0.3, 0.4) is 0 Å². The first-order chi connectivity index (χ1) is 10.6. The van der Waals surface area contributed by atoms with Crippen LogP contribution in [0.1, 0.15) is 10.4 Å². The average molecular weight is 337 g/mol. The third-order valence-corrected chi connectivity index (χ3v) is 4.14. The second kappa shape index (κ2) is 7.82. The Kier molecular flexibility index (Phi) is 5.80. The van der Waals surface area contributed by atoms with Gasteiger partial charge in [0.15, 0.2) is 0 Å². The van der Waals surface area contributed by atoms with Gasteiger partial charge in [0.2, 0.25) is 0 Å². The maximum atomic E-state index is 12.0. The molecule has 2 aromatic rings. The van der Waals surface area contributed by atoms with Crippen molar-refractivity contribution in [1.29, 1.82) is 0 Å².